The van der Waals surface area contributed by atoms with Gasteiger partial charge >= 0.3 is 12.1 Å². The number of hydrogen-bond acceptors (Lipinski definition) is 5. The van der Waals surface area contributed by atoms with Crippen LogP contribution in [0.5, 0.6) is 5.75 Å². The number of carbonyl (C=O) groups excluding carboxylic acids is 2. The van der Waals surface area contributed by atoms with Gasteiger partial charge in [0.05, 0.1) is 23.5 Å². The van der Waals surface area contributed by atoms with E-state index in [0.717, 1.165) is 5.56 Å². The van der Waals surface area contributed by atoms with Crippen molar-refractivity contribution in [1.82, 2.24) is 5.32 Å². The summed E-state index contributed by atoms with van der Waals surface area (Å²) in [5.41, 5.74) is 1.10. The first-order valence-electron chi connectivity index (χ1n) is 8.21. The average Bonchev–Trinajstić information content (AvgIpc) is 2.63. The van der Waals surface area contributed by atoms with E-state index in [1.165, 1.54) is 12.1 Å². The SMILES string of the molecule is CCOC(=O)CC(NC(=O)OCc1ccccc1)c1cc(Cl)cc(Br)c1O. The lowest BCUT2D eigenvalue weighted by Crippen LogP contribution is -2.31. The van der Waals surface area contributed by atoms with Gasteiger partial charge in [0.1, 0.15) is 12.4 Å². The number of halogens is 2. The molecule has 0 aromatic heterocycles. The fourth-order valence-electron chi connectivity index (χ4n) is 2.38. The summed E-state index contributed by atoms with van der Waals surface area (Å²) in [5.74, 6) is -0.654. The number of aromatic hydroxyl groups is 1. The number of benzene rings is 2. The predicted octanol–water partition coefficient (Wildman–Crippen LogP) is 4.73. The monoisotopic (exact) mass is 455 g/mol. The second-order valence-electron chi connectivity index (χ2n) is 5.59. The zero-order valence-electron chi connectivity index (χ0n) is 14.6. The second-order valence-corrected chi connectivity index (χ2v) is 6.88. The van der Waals surface area contributed by atoms with Crippen molar-refractivity contribution < 1.29 is 24.2 Å². The number of amides is 1. The van der Waals surface area contributed by atoms with Crippen molar-refractivity contribution in [2.24, 2.45) is 0 Å². The van der Waals surface area contributed by atoms with Crippen molar-refractivity contribution in [1.29, 1.82) is 0 Å². The number of alkyl carbamates (subject to hydrolysis) is 1. The van der Waals surface area contributed by atoms with Gasteiger partial charge in [-0.25, -0.2) is 4.79 Å². The van der Waals surface area contributed by atoms with Gasteiger partial charge in [-0.2, -0.15) is 0 Å². The number of esters is 1. The summed E-state index contributed by atoms with van der Waals surface area (Å²) in [6.45, 7) is 1.96. The van der Waals surface area contributed by atoms with E-state index in [2.05, 4.69) is 21.2 Å². The maximum absolute atomic E-state index is 12.2. The molecule has 1 atom stereocenters. The number of hydrogen-bond donors (Lipinski definition) is 2. The topological polar surface area (TPSA) is 84.9 Å². The molecule has 0 aliphatic carbocycles. The normalized spacial score (nSPS) is 11.5. The number of rotatable bonds is 7. The van der Waals surface area contributed by atoms with Gasteiger partial charge in [0.2, 0.25) is 0 Å². The largest absolute Gasteiger partial charge is 0.506 e. The van der Waals surface area contributed by atoms with Gasteiger partial charge in [0, 0.05) is 10.6 Å². The molecule has 2 rings (SSSR count). The fraction of sp³-hybridized carbons (Fsp3) is 0.263. The van der Waals surface area contributed by atoms with Gasteiger partial charge in [-0.15, -0.1) is 0 Å². The van der Waals surface area contributed by atoms with Crippen LogP contribution in [0, 0.1) is 0 Å². The summed E-state index contributed by atoms with van der Waals surface area (Å²) in [6.07, 6.45) is -0.919. The van der Waals surface area contributed by atoms with Gasteiger partial charge in [-0.3, -0.25) is 4.79 Å². The highest BCUT2D eigenvalue weighted by Crippen LogP contribution is 2.36. The Hall–Kier alpha value is -2.25. The minimum absolute atomic E-state index is 0.0734. The molecule has 1 unspecified atom stereocenters. The highest BCUT2D eigenvalue weighted by Gasteiger charge is 2.24. The lowest BCUT2D eigenvalue weighted by molar-refractivity contribution is -0.143. The average molecular weight is 457 g/mol. The van der Waals surface area contributed by atoms with Crippen molar-refractivity contribution in [2.45, 2.75) is 26.0 Å². The van der Waals surface area contributed by atoms with E-state index >= 15 is 0 Å². The Labute approximate surface area is 170 Å². The summed E-state index contributed by atoms with van der Waals surface area (Å²) in [6, 6.07) is 11.3. The molecule has 8 heteroatoms. The highest BCUT2D eigenvalue weighted by molar-refractivity contribution is 9.10. The maximum Gasteiger partial charge on any atom is 0.407 e. The molecule has 0 fully saturated rings. The van der Waals surface area contributed by atoms with Crippen molar-refractivity contribution >= 4 is 39.6 Å². The summed E-state index contributed by atoms with van der Waals surface area (Å²) < 4.78 is 10.5. The Morgan fingerprint density at radius 2 is 1.93 bits per heavy atom. The number of ether oxygens (including phenoxy) is 2. The highest BCUT2D eigenvalue weighted by atomic mass is 79.9. The zero-order chi connectivity index (χ0) is 19.8. The van der Waals surface area contributed by atoms with Crippen LogP contribution in [0.15, 0.2) is 46.9 Å². The van der Waals surface area contributed by atoms with Crippen LogP contribution in [0.1, 0.15) is 30.5 Å². The molecule has 0 bridgehead atoms. The van der Waals surface area contributed by atoms with E-state index in [9.17, 15) is 14.7 Å². The molecule has 0 radical (unpaired) electrons. The number of nitrogens with one attached hydrogen (secondary N) is 1. The number of phenols is 1. The van der Waals surface area contributed by atoms with Crippen LogP contribution in [0.25, 0.3) is 0 Å². The summed E-state index contributed by atoms with van der Waals surface area (Å²) >= 11 is 9.24. The van der Waals surface area contributed by atoms with E-state index in [-0.39, 0.29) is 30.9 Å². The van der Waals surface area contributed by atoms with Gasteiger partial charge in [-0.05, 0) is 40.5 Å². The molecular weight excluding hydrogens is 438 g/mol. The van der Waals surface area contributed by atoms with Crippen LogP contribution in [0.4, 0.5) is 4.79 Å². The summed E-state index contributed by atoms with van der Waals surface area (Å²) in [5, 5.41) is 13.2. The second kappa shape index (κ2) is 10.2. The van der Waals surface area contributed by atoms with Gasteiger partial charge < -0.3 is 19.9 Å². The van der Waals surface area contributed by atoms with E-state index in [1.807, 2.05) is 30.3 Å². The van der Waals surface area contributed by atoms with Crippen molar-refractivity contribution in [3.63, 3.8) is 0 Å². The number of carbonyl (C=O) groups is 2. The molecule has 2 N–H and O–H groups in total. The van der Waals surface area contributed by atoms with Crippen LogP contribution in [0.3, 0.4) is 0 Å². The van der Waals surface area contributed by atoms with Crippen molar-refractivity contribution in [3.8, 4) is 5.75 Å². The fourth-order valence-corrected chi connectivity index (χ4v) is 3.22. The van der Waals surface area contributed by atoms with Crippen LogP contribution < -0.4 is 5.32 Å². The van der Waals surface area contributed by atoms with Crippen LogP contribution in [-0.4, -0.2) is 23.8 Å². The lowest BCUT2D eigenvalue weighted by Gasteiger charge is -2.20. The molecule has 0 saturated heterocycles. The zero-order valence-corrected chi connectivity index (χ0v) is 16.9. The molecule has 1 amide bonds. The smallest absolute Gasteiger partial charge is 0.407 e. The molecule has 144 valence electrons. The van der Waals surface area contributed by atoms with E-state index in [1.54, 1.807) is 6.92 Å². The van der Waals surface area contributed by atoms with Crippen LogP contribution >= 0.6 is 27.5 Å². The molecule has 0 saturated carbocycles. The Morgan fingerprint density at radius 1 is 1.22 bits per heavy atom. The standard InChI is InChI=1S/C19H19BrClNO5/c1-2-26-17(23)10-16(14-8-13(21)9-15(20)18(14)24)22-19(25)27-11-12-6-4-3-5-7-12/h3-9,16,24H,2,10-11H2,1H3,(H,22,25). The minimum Gasteiger partial charge on any atom is -0.506 e. The number of phenolic OH excluding ortho intramolecular Hbond substituents is 1. The molecule has 6 nitrogen and oxygen atoms in total. The molecular formula is C19H19BrClNO5. The van der Waals surface area contributed by atoms with E-state index in [4.69, 9.17) is 21.1 Å². The Morgan fingerprint density at radius 3 is 2.59 bits per heavy atom. The molecule has 0 aliphatic rings. The molecule has 2 aromatic carbocycles. The van der Waals surface area contributed by atoms with Gasteiger partial charge in [0.25, 0.3) is 0 Å². The van der Waals surface area contributed by atoms with E-state index in [0.29, 0.717) is 9.50 Å². The Kier molecular flexibility index (Phi) is 7.94. The first-order valence-corrected chi connectivity index (χ1v) is 9.38. The van der Waals surface area contributed by atoms with Crippen LogP contribution in [-0.2, 0) is 20.9 Å². The summed E-state index contributed by atoms with van der Waals surface area (Å²) in [7, 11) is 0. The van der Waals surface area contributed by atoms with Crippen molar-refractivity contribution in [3.05, 3.63) is 63.1 Å². The minimum atomic E-state index is -0.873. The quantitative estimate of drug-likeness (QED) is 0.588. The maximum atomic E-state index is 12.2. The van der Waals surface area contributed by atoms with Gasteiger partial charge in [-0.1, -0.05) is 41.9 Å². The van der Waals surface area contributed by atoms with Crippen molar-refractivity contribution in [2.75, 3.05) is 6.61 Å². The molecule has 0 heterocycles. The first-order chi connectivity index (χ1) is 12.9. The third-order valence-electron chi connectivity index (χ3n) is 3.61. The lowest BCUT2D eigenvalue weighted by atomic mass is 10.0. The third-order valence-corrected chi connectivity index (χ3v) is 4.44. The van der Waals surface area contributed by atoms with E-state index < -0.39 is 18.1 Å². The van der Waals surface area contributed by atoms with Gasteiger partial charge in [0.15, 0.2) is 0 Å². The molecule has 0 aliphatic heterocycles. The van der Waals surface area contributed by atoms with Crippen LogP contribution in [0.2, 0.25) is 5.02 Å². The Bertz CT molecular complexity index is 800. The molecule has 0 spiro atoms. The Balaban J connectivity index is 2.15. The summed E-state index contributed by atoms with van der Waals surface area (Å²) in [4.78, 5) is 24.1. The molecule has 27 heavy (non-hydrogen) atoms. The third kappa shape index (κ3) is 6.45. The first kappa shape index (κ1) is 21.1. The predicted molar refractivity (Wildman–Crippen MR) is 105 cm³/mol. The molecule has 2 aromatic rings.